The van der Waals surface area contributed by atoms with E-state index in [0.29, 0.717) is 6.42 Å². The summed E-state index contributed by atoms with van der Waals surface area (Å²) in [6.45, 7) is 1.93. The third-order valence-electron chi connectivity index (χ3n) is 4.91. The zero-order valence-electron chi connectivity index (χ0n) is 15.2. The maximum absolute atomic E-state index is 12.4. The van der Waals surface area contributed by atoms with E-state index in [-0.39, 0.29) is 12.3 Å². The molecule has 5 nitrogen and oxygen atoms in total. The van der Waals surface area contributed by atoms with Crippen molar-refractivity contribution in [2.45, 2.75) is 37.5 Å². The standard InChI is InChI=1S/C20H25NO4S/c1-15-5-7-16(8-6-15)13-26(23,24)21-14-20(22)11-3-4-17-12-18(25-2)9-10-19(17)20/h5-10,12,21-22H,3-4,11,13-14H2,1-2H3. The van der Waals surface area contributed by atoms with Crippen molar-refractivity contribution in [3.63, 3.8) is 0 Å². The maximum Gasteiger partial charge on any atom is 0.215 e. The van der Waals surface area contributed by atoms with Gasteiger partial charge in [-0.25, -0.2) is 13.1 Å². The molecule has 2 aromatic carbocycles. The summed E-state index contributed by atoms with van der Waals surface area (Å²) in [4.78, 5) is 0. The monoisotopic (exact) mass is 375 g/mol. The first-order valence-electron chi connectivity index (χ1n) is 8.74. The van der Waals surface area contributed by atoms with Crippen LogP contribution >= 0.6 is 0 Å². The van der Waals surface area contributed by atoms with Crippen molar-refractivity contribution in [3.8, 4) is 5.75 Å². The van der Waals surface area contributed by atoms with Gasteiger partial charge in [-0.15, -0.1) is 0 Å². The van der Waals surface area contributed by atoms with Crippen LogP contribution in [0.2, 0.25) is 0 Å². The molecule has 1 aliphatic carbocycles. The van der Waals surface area contributed by atoms with E-state index in [0.717, 1.165) is 40.8 Å². The van der Waals surface area contributed by atoms with Crippen LogP contribution < -0.4 is 9.46 Å². The van der Waals surface area contributed by atoms with E-state index in [1.54, 1.807) is 13.2 Å². The van der Waals surface area contributed by atoms with Gasteiger partial charge in [-0.2, -0.15) is 0 Å². The number of hydrogen-bond acceptors (Lipinski definition) is 4. The smallest absolute Gasteiger partial charge is 0.215 e. The van der Waals surface area contributed by atoms with Crippen molar-refractivity contribution in [1.82, 2.24) is 4.72 Å². The van der Waals surface area contributed by atoms with Gasteiger partial charge in [-0.1, -0.05) is 35.9 Å². The van der Waals surface area contributed by atoms with E-state index >= 15 is 0 Å². The molecule has 1 atom stereocenters. The van der Waals surface area contributed by atoms with Crippen LogP contribution in [0.15, 0.2) is 42.5 Å². The first kappa shape index (κ1) is 18.9. The molecule has 1 unspecified atom stereocenters. The van der Waals surface area contributed by atoms with Gasteiger partial charge in [0.05, 0.1) is 12.9 Å². The zero-order chi connectivity index (χ0) is 18.8. The number of ether oxygens (including phenoxy) is 1. The topological polar surface area (TPSA) is 75.6 Å². The molecule has 0 aliphatic heterocycles. The average Bonchev–Trinajstić information content (AvgIpc) is 2.62. The fraction of sp³-hybridized carbons (Fsp3) is 0.400. The molecule has 0 spiro atoms. The second-order valence-corrected chi connectivity index (χ2v) is 8.78. The Labute approximate surface area is 155 Å². The lowest BCUT2D eigenvalue weighted by atomic mass is 9.79. The van der Waals surface area contributed by atoms with Crippen molar-refractivity contribution in [3.05, 3.63) is 64.7 Å². The molecule has 0 saturated carbocycles. The van der Waals surface area contributed by atoms with Crippen molar-refractivity contribution in [2.75, 3.05) is 13.7 Å². The molecule has 0 bridgehead atoms. The highest BCUT2D eigenvalue weighted by Gasteiger charge is 2.35. The number of aryl methyl sites for hydroxylation is 2. The lowest BCUT2D eigenvalue weighted by Gasteiger charge is -2.34. The highest BCUT2D eigenvalue weighted by atomic mass is 32.2. The number of aliphatic hydroxyl groups is 1. The van der Waals surface area contributed by atoms with Gasteiger partial charge in [0.15, 0.2) is 0 Å². The Balaban J connectivity index is 1.73. The number of methoxy groups -OCH3 is 1. The van der Waals surface area contributed by atoms with Gasteiger partial charge in [-0.05, 0) is 55.0 Å². The van der Waals surface area contributed by atoms with Gasteiger partial charge in [0.1, 0.15) is 11.4 Å². The normalized spacial score (nSPS) is 19.8. The van der Waals surface area contributed by atoms with Gasteiger partial charge in [0.25, 0.3) is 0 Å². The molecule has 0 fully saturated rings. The molecular formula is C20H25NO4S. The summed E-state index contributed by atoms with van der Waals surface area (Å²) in [6, 6.07) is 13.0. The number of benzene rings is 2. The molecule has 0 amide bonds. The fourth-order valence-electron chi connectivity index (χ4n) is 3.43. The average molecular weight is 375 g/mol. The van der Waals surface area contributed by atoms with Crippen LogP contribution in [0.5, 0.6) is 5.75 Å². The van der Waals surface area contributed by atoms with E-state index in [1.807, 2.05) is 43.3 Å². The van der Waals surface area contributed by atoms with Crippen molar-refractivity contribution in [2.24, 2.45) is 0 Å². The maximum atomic E-state index is 12.4. The lowest BCUT2D eigenvalue weighted by Crippen LogP contribution is -2.43. The highest BCUT2D eigenvalue weighted by molar-refractivity contribution is 7.88. The summed E-state index contributed by atoms with van der Waals surface area (Å²) >= 11 is 0. The summed E-state index contributed by atoms with van der Waals surface area (Å²) in [5.74, 6) is 0.645. The minimum atomic E-state index is -3.54. The van der Waals surface area contributed by atoms with Gasteiger partial charge >= 0.3 is 0 Å². The molecule has 0 aromatic heterocycles. The number of sulfonamides is 1. The van der Waals surface area contributed by atoms with Crippen molar-refractivity contribution in [1.29, 1.82) is 0 Å². The molecule has 6 heteroatoms. The zero-order valence-corrected chi connectivity index (χ0v) is 16.0. The summed E-state index contributed by atoms with van der Waals surface area (Å²) in [5.41, 5.74) is 2.41. The van der Waals surface area contributed by atoms with E-state index in [2.05, 4.69) is 4.72 Å². The third-order valence-corrected chi connectivity index (χ3v) is 6.21. The number of hydrogen-bond donors (Lipinski definition) is 2. The van der Waals surface area contributed by atoms with Gasteiger partial charge in [-0.3, -0.25) is 0 Å². The summed E-state index contributed by atoms with van der Waals surface area (Å²) in [6.07, 6.45) is 2.18. The van der Waals surface area contributed by atoms with Crippen LogP contribution in [0, 0.1) is 6.92 Å². The van der Waals surface area contributed by atoms with Gasteiger partial charge in [0, 0.05) is 6.54 Å². The second kappa shape index (κ2) is 7.39. The first-order valence-corrected chi connectivity index (χ1v) is 10.4. The molecule has 140 valence electrons. The summed E-state index contributed by atoms with van der Waals surface area (Å²) in [7, 11) is -1.93. The van der Waals surface area contributed by atoms with Gasteiger partial charge in [0.2, 0.25) is 10.0 Å². The molecule has 26 heavy (non-hydrogen) atoms. The van der Waals surface area contributed by atoms with Crippen LogP contribution in [0.25, 0.3) is 0 Å². The molecule has 2 aromatic rings. The molecule has 3 rings (SSSR count). The predicted molar refractivity (Wildman–Crippen MR) is 102 cm³/mol. The van der Waals surface area contributed by atoms with E-state index in [4.69, 9.17) is 4.74 Å². The summed E-state index contributed by atoms with van der Waals surface area (Å²) < 4.78 is 32.7. The Morgan fingerprint density at radius 2 is 1.92 bits per heavy atom. The first-order chi connectivity index (χ1) is 12.3. The Kier molecular flexibility index (Phi) is 5.37. The van der Waals surface area contributed by atoms with Crippen LogP contribution in [-0.2, 0) is 27.8 Å². The largest absolute Gasteiger partial charge is 0.497 e. The van der Waals surface area contributed by atoms with E-state index in [9.17, 15) is 13.5 Å². The van der Waals surface area contributed by atoms with Crippen LogP contribution in [0.3, 0.4) is 0 Å². The molecular weight excluding hydrogens is 350 g/mol. The molecule has 0 heterocycles. The van der Waals surface area contributed by atoms with E-state index in [1.165, 1.54) is 0 Å². The molecule has 0 saturated heterocycles. The quantitative estimate of drug-likeness (QED) is 0.814. The predicted octanol–water partition coefficient (Wildman–Crippen LogP) is 2.65. The highest BCUT2D eigenvalue weighted by Crippen LogP contribution is 2.36. The SMILES string of the molecule is COc1ccc2c(c1)CCCC2(O)CNS(=O)(=O)Cc1ccc(C)cc1. The Morgan fingerprint density at radius 1 is 1.19 bits per heavy atom. The van der Waals surface area contributed by atoms with Crippen LogP contribution in [-0.4, -0.2) is 27.2 Å². The number of nitrogens with one attached hydrogen (secondary N) is 1. The molecule has 2 N–H and O–H groups in total. The van der Waals surface area contributed by atoms with Crippen molar-refractivity contribution < 1.29 is 18.3 Å². The second-order valence-electron chi connectivity index (χ2n) is 6.97. The summed E-state index contributed by atoms with van der Waals surface area (Å²) in [5, 5.41) is 11.1. The molecule has 0 radical (unpaired) electrons. The Hall–Kier alpha value is -1.89. The van der Waals surface area contributed by atoms with Gasteiger partial charge < -0.3 is 9.84 Å². The molecule has 1 aliphatic rings. The van der Waals surface area contributed by atoms with Crippen LogP contribution in [0.1, 0.15) is 35.1 Å². The van der Waals surface area contributed by atoms with E-state index < -0.39 is 15.6 Å². The minimum Gasteiger partial charge on any atom is -0.497 e. The van der Waals surface area contributed by atoms with Crippen LogP contribution in [0.4, 0.5) is 0 Å². The lowest BCUT2D eigenvalue weighted by molar-refractivity contribution is 0.0242. The number of rotatable bonds is 6. The van der Waals surface area contributed by atoms with Crippen molar-refractivity contribution >= 4 is 10.0 Å². The Morgan fingerprint density at radius 3 is 2.62 bits per heavy atom. The Bertz CT molecular complexity index is 877. The number of fused-ring (bicyclic) bond motifs is 1. The fourth-order valence-corrected chi connectivity index (χ4v) is 4.62. The minimum absolute atomic E-state index is 0.0273. The third kappa shape index (κ3) is 4.26.